The standard InChI is InChI=1S/C13H20N2O4S/c1-7(2)10-11(12(16)17)20-13(14-10)15-5-8(18-3)9(6-15)19-4/h7-9H,5-6H2,1-4H3,(H,16,17). The zero-order valence-electron chi connectivity index (χ0n) is 12.1. The molecule has 2 atom stereocenters. The van der Waals surface area contributed by atoms with Crippen molar-refractivity contribution in [3.63, 3.8) is 0 Å². The summed E-state index contributed by atoms with van der Waals surface area (Å²) >= 11 is 1.22. The molecule has 0 aliphatic carbocycles. The second kappa shape index (κ2) is 6.07. The van der Waals surface area contributed by atoms with E-state index in [1.807, 2.05) is 18.7 Å². The number of thiazole rings is 1. The first-order valence-electron chi connectivity index (χ1n) is 6.52. The van der Waals surface area contributed by atoms with Crippen molar-refractivity contribution in [3.05, 3.63) is 10.6 Å². The van der Waals surface area contributed by atoms with Gasteiger partial charge in [-0.1, -0.05) is 25.2 Å². The average molecular weight is 300 g/mol. The molecule has 0 spiro atoms. The second-order valence-corrected chi connectivity index (χ2v) is 6.10. The number of methoxy groups -OCH3 is 2. The lowest BCUT2D eigenvalue weighted by Gasteiger charge is -2.13. The van der Waals surface area contributed by atoms with Crippen molar-refractivity contribution in [3.8, 4) is 0 Å². The summed E-state index contributed by atoms with van der Waals surface area (Å²) in [7, 11) is 3.31. The predicted molar refractivity (Wildman–Crippen MR) is 77.0 cm³/mol. The normalized spacial score (nSPS) is 22.8. The van der Waals surface area contributed by atoms with Gasteiger partial charge in [0.1, 0.15) is 17.1 Å². The number of anilines is 1. The molecular formula is C13H20N2O4S. The Morgan fingerprint density at radius 1 is 1.35 bits per heavy atom. The molecule has 0 aromatic carbocycles. The van der Waals surface area contributed by atoms with E-state index < -0.39 is 5.97 Å². The molecule has 112 valence electrons. The highest BCUT2D eigenvalue weighted by Crippen LogP contribution is 2.33. The van der Waals surface area contributed by atoms with Crippen LogP contribution in [0.5, 0.6) is 0 Å². The third-order valence-electron chi connectivity index (χ3n) is 3.47. The van der Waals surface area contributed by atoms with Crippen LogP contribution in [0.3, 0.4) is 0 Å². The summed E-state index contributed by atoms with van der Waals surface area (Å²) in [6.07, 6.45) is -0.0284. The number of ether oxygens (including phenoxy) is 2. The molecule has 1 N–H and O–H groups in total. The molecule has 20 heavy (non-hydrogen) atoms. The summed E-state index contributed by atoms with van der Waals surface area (Å²) in [4.78, 5) is 18.2. The van der Waals surface area contributed by atoms with E-state index in [-0.39, 0.29) is 18.1 Å². The SMILES string of the molecule is COC1CN(c2nc(C(C)C)c(C(=O)O)s2)CC1OC. The van der Waals surface area contributed by atoms with Crippen molar-refractivity contribution in [1.29, 1.82) is 0 Å². The number of aromatic carboxylic acids is 1. The quantitative estimate of drug-likeness (QED) is 0.894. The highest BCUT2D eigenvalue weighted by atomic mass is 32.1. The summed E-state index contributed by atoms with van der Waals surface area (Å²) in [5.74, 6) is -0.826. The molecule has 0 bridgehead atoms. The number of rotatable bonds is 5. The van der Waals surface area contributed by atoms with Gasteiger partial charge in [-0.25, -0.2) is 9.78 Å². The minimum Gasteiger partial charge on any atom is -0.477 e. The molecule has 0 radical (unpaired) electrons. The summed E-state index contributed by atoms with van der Waals surface area (Å²) in [5, 5.41) is 10.00. The van der Waals surface area contributed by atoms with Crippen molar-refractivity contribution in [1.82, 2.24) is 4.98 Å². The maximum absolute atomic E-state index is 11.3. The van der Waals surface area contributed by atoms with Crippen LogP contribution in [-0.4, -0.2) is 55.6 Å². The van der Waals surface area contributed by atoms with Gasteiger partial charge in [-0.05, 0) is 5.92 Å². The molecule has 7 heteroatoms. The maximum Gasteiger partial charge on any atom is 0.347 e. The van der Waals surface area contributed by atoms with E-state index in [2.05, 4.69) is 4.98 Å². The van der Waals surface area contributed by atoms with E-state index in [0.29, 0.717) is 23.7 Å². The monoisotopic (exact) mass is 300 g/mol. The summed E-state index contributed by atoms with van der Waals surface area (Å²) < 4.78 is 10.8. The Kier molecular flexibility index (Phi) is 4.62. The van der Waals surface area contributed by atoms with Crippen molar-refractivity contribution in [2.75, 3.05) is 32.2 Å². The Morgan fingerprint density at radius 2 is 1.90 bits per heavy atom. The third kappa shape index (κ3) is 2.79. The van der Waals surface area contributed by atoms with E-state index >= 15 is 0 Å². The highest BCUT2D eigenvalue weighted by Gasteiger charge is 2.35. The maximum atomic E-state index is 11.3. The molecular weight excluding hydrogens is 280 g/mol. The van der Waals surface area contributed by atoms with Gasteiger partial charge >= 0.3 is 5.97 Å². The Labute approximate surface area is 122 Å². The van der Waals surface area contributed by atoms with Crippen molar-refractivity contribution in [2.45, 2.75) is 32.0 Å². The van der Waals surface area contributed by atoms with Gasteiger partial charge in [0.2, 0.25) is 0 Å². The summed E-state index contributed by atoms with van der Waals surface area (Å²) in [5.41, 5.74) is 0.646. The first-order chi connectivity index (χ1) is 9.47. The average Bonchev–Trinajstić information content (AvgIpc) is 3.01. The molecule has 1 saturated heterocycles. The number of carbonyl (C=O) groups is 1. The Hall–Kier alpha value is -1.18. The van der Waals surface area contributed by atoms with Gasteiger partial charge in [0.15, 0.2) is 5.13 Å². The lowest BCUT2D eigenvalue weighted by molar-refractivity contribution is -0.00461. The van der Waals surface area contributed by atoms with Crippen molar-refractivity contribution < 1.29 is 19.4 Å². The van der Waals surface area contributed by atoms with Gasteiger partial charge in [-0.3, -0.25) is 0 Å². The lowest BCUT2D eigenvalue weighted by Crippen LogP contribution is -2.27. The minimum atomic E-state index is -0.914. The molecule has 2 unspecified atom stereocenters. The zero-order valence-corrected chi connectivity index (χ0v) is 12.9. The summed E-state index contributed by atoms with van der Waals surface area (Å²) in [6.45, 7) is 5.23. The van der Waals surface area contributed by atoms with Crippen LogP contribution in [0, 0.1) is 0 Å². The van der Waals surface area contributed by atoms with Crippen LogP contribution < -0.4 is 4.90 Å². The fraction of sp³-hybridized carbons (Fsp3) is 0.692. The first-order valence-corrected chi connectivity index (χ1v) is 7.34. The van der Waals surface area contributed by atoms with Gasteiger partial charge in [0.25, 0.3) is 0 Å². The van der Waals surface area contributed by atoms with Crippen LogP contribution in [-0.2, 0) is 9.47 Å². The van der Waals surface area contributed by atoms with Crippen LogP contribution >= 0.6 is 11.3 Å². The Morgan fingerprint density at radius 3 is 2.25 bits per heavy atom. The highest BCUT2D eigenvalue weighted by molar-refractivity contribution is 7.17. The van der Waals surface area contributed by atoms with Gasteiger partial charge in [-0.15, -0.1) is 0 Å². The van der Waals surface area contributed by atoms with Crippen LogP contribution in [0.1, 0.15) is 35.1 Å². The fourth-order valence-electron chi connectivity index (χ4n) is 2.35. The second-order valence-electron chi connectivity index (χ2n) is 5.12. The molecule has 1 aromatic heterocycles. The number of aromatic nitrogens is 1. The topological polar surface area (TPSA) is 71.9 Å². The first kappa shape index (κ1) is 15.2. The largest absolute Gasteiger partial charge is 0.477 e. The molecule has 0 saturated carbocycles. The van der Waals surface area contributed by atoms with Crippen LogP contribution in [0.15, 0.2) is 0 Å². The lowest BCUT2D eigenvalue weighted by atomic mass is 10.1. The van der Waals surface area contributed by atoms with E-state index in [9.17, 15) is 9.90 Å². The minimum absolute atomic E-state index is 0.0142. The molecule has 1 fully saturated rings. The molecule has 0 amide bonds. The molecule has 2 heterocycles. The van der Waals surface area contributed by atoms with Gasteiger partial charge in [0.05, 0.1) is 5.69 Å². The number of hydrogen-bond donors (Lipinski definition) is 1. The number of carboxylic acid groups (broad SMARTS) is 1. The molecule has 6 nitrogen and oxygen atoms in total. The predicted octanol–water partition coefficient (Wildman–Crippen LogP) is 1.81. The van der Waals surface area contributed by atoms with Crippen LogP contribution in [0.4, 0.5) is 5.13 Å². The zero-order chi connectivity index (χ0) is 14.9. The van der Waals surface area contributed by atoms with Crippen molar-refractivity contribution >= 4 is 22.4 Å². The van der Waals surface area contributed by atoms with E-state index in [1.54, 1.807) is 14.2 Å². The molecule has 2 rings (SSSR count). The van der Waals surface area contributed by atoms with E-state index in [0.717, 1.165) is 5.13 Å². The van der Waals surface area contributed by atoms with Crippen molar-refractivity contribution in [2.24, 2.45) is 0 Å². The van der Waals surface area contributed by atoms with Gasteiger partial charge < -0.3 is 19.5 Å². The fourth-order valence-corrected chi connectivity index (χ4v) is 3.43. The molecule has 1 aliphatic heterocycles. The van der Waals surface area contributed by atoms with E-state index in [4.69, 9.17) is 9.47 Å². The Balaban J connectivity index is 2.26. The summed E-state index contributed by atoms with van der Waals surface area (Å²) in [6, 6.07) is 0. The third-order valence-corrected chi connectivity index (χ3v) is 4.59. The van der Waals surface area contributed by atoms with E-state index in [1.165, 1.54) is 11.3 Å². The number of hydrogen-bond acceptors (Lipinski definition) is 6. The van der Waals surface area contributed by atoms with Crippen LogP contribution in [0.2, 0.25) is 0 Å². The van der Waals surface area contributed by atoms with Gasteiger partial charge in [-0.2, -0.15) is 0 Å². The molecule has 1 aliphatic rings. The number of nitrogens with zero attached hydrogens (tertiary/aromatic N) is 2. The Bertz CT molecular complexity index is 477. The van der Waals surface area contributed by atoms with Crippen LogP contribution in [0.25, 0.3) is 0 Å². The van der Waals surface area contributed by atoms with Gasteiger partial charge in [0, 0.05) is 27.3 Å². The number of carboxylic acids is 1. The molecule has 1 aromatic rings. The smallest absolute Gasteiger partial charge is 0.347 e.